The van der Waals surface area contributed by atoms with Gasteiger partial charge in [0.2, 0.25) is 0 Å². The molecule has 4 rings (SSSR count). The lowest BCUT2D eigenvalue weighted by Crippen LogP contribution is -2.07. The highest BCUT2D eigenvalue weighted by Gasteiger charge is 2.22. The minimum atomic E-state index is -0.374. The molecule has 0 amide bonds. The first-order chi connectivity index (χ1) is 10.2. The van der Waals surface area contributed by atoms with Gasteiger partial charge in [0.15, 0.2) is 0 Å². The molecule has 21 heavy (non-hydrogen) atoms. The molecule has 0 saturated heterocycles. The number of ether oxygens (including phenoxy) is 1. The molecule has 0 saturated carbocycles. The minimum Gasteiger partial charge on any atom is -0.508 e. The molecule has 0 unspecified atom stereocenters. The first-order valence-corrected chi connectivity index (χ1v) is 6.75. The average molecular weight is 280 g/mol. The molecule has 0 spiro atoms. The van der Waals surface area contributed by atoms with E-state index < -0.39 is 0 Å². The molecule has 0 atom stereocenters. The number of phenols is 1. The van der Waals surface area contributed by atoms with Crippen molar-refractivity contribution >= 4 is 11.0 Å². The Morgan fingerprint density at radius 3 is 2.86 bits per heavy atom. The van der Waals surface area contributed by atoms with E-state index in [1.165, 1.54) is 6.07 Å². The Morgan fingerprint density at radius 2 is 1.95 bits per heavy atom. The predicted octanol–water partition coefficient (Wildman–Crippen LogP) is 3.10. The number of rotatable bonds is 0. The highest BCUT2D eigenvalue weighted by Crippen LogP contribution is 2.37. The third-order valence-electron chi connectivity index (χ3n) is 3.76. The summed E-state index contributed by atoms with van der Waals surface area (Å²) >= 11 is 0. The fourth-order valence-corrected chi connectivity index (χ4v) is 2.85. The topological polar surface area (TPSA) is 59.7 Å². The van der Waals surface area contributed by atoms with Gasteiger partial charge in [0.25, 0.3) is 0 Å². The Kier molecular flexibility index (Phi) is 2.51. The van der Waals surface area contributed by atoms with Crippen LogP contribution in [0.1, 0.15) is 5.56 Å². The Balaban J connectivity index is 2.14. The van der Waals surface area contributed by atoms with E-state index in [1.54, 1.807) is 18.2 Å². The Bertz CT molecular complexity index is 908. The molecule has 3 aromatic rings. The van der Waals surface area contributed by atoms with Crippen LogP contribution in [-0.4, -0.2) is 11.7 Å². The van der Waals surface area contributed by atoms with Gasteiger partial charge in [0.05, 0.1) is 12.2 Å². The maximum atomic E-state index is 12.4. The quantitative estimate of drug-likeness (QED) is 0.643. The van der Waals surface area contributed by atoms with Gasteiger partial charge >= 0.3 is 5.63 Å². The van der Waals surface area contributed by atoms with Crippen molar-refractivity contribution in [1.29, 1.82) is 0 Å². The highest BCUT2D eigenvalue weighted by molar-refractivity contribution is 5.88. The molecule has 1 N–H and O–H groups in total. The molecule has 104 valence electrons. The van der Waals surface area contributed by atoms with Gasteiger partial charge in [-0.05, 0) is 23.8 Å². The lowest BCUT2D eigenvalue weighted by Gasteiger charge is -2.09. The van der Waals surface area contributed by atoms with Crippen LogP contribution in [0.4, 0.5) is 0 Å². The van der Waals surface area contributed by atoms with Crippen molar-refractivity contribution in [3.8, 4) is 22.6 Å². The zero-order valence-corrected chi connectivity index (χ0v) is 11.1. The van der Waals surface area contributed by atoms with Crippen molar-refractivity contribution in [3.63, 3.8) is 0 Å². The van der Waals surface area contributed by atoms with Gasteiger partial charge in [-0.3, -0.25) is 0 Å². The van der Waals surface area contributed by atoms with Crippen molar-refractivity contribution in [1.82, 2.24) is 0 Å². The molecule has 2 heterocycles. The van der Waals surface area contributed by atoms with Crippen molar-refractivity contribution in [2.75, 3.05) is 6.61 Å². The summed E-state index contributed by atoms with van der Waals surface area (Å²) < 4.78 is 11.1. The van der Waals surface area contributed by atoms with Crippen LogP contribution in [-0.2, 0) is 6.42 Å². The van der Waals surface area contributed by atoms with Crippen molar-refractivity contribution in [2.24, 2.45) is 0 Å². The van der Waals surface area contributed by atoms with E-state index >= 15 is 0 Å². The second-order valence-electron chi connectivity index (χ2n) is 5.02. The molecule has 1 aliphatic heterocycles. The number of para-hydroxylation sites is 1. The molecule has 4 nitrogen and oxygen atoms in total. The molecule has 0 bridgehead atoms. The fraction of sp³-hybridized carbons (Fsp3) is 0.118. The second kappa shape index (κ2) is 4.38. The summed E-state index contributed by atoms with van der Waals surface area (Å²) in [5.74, 6) is 0.624. The summed E-state index contributed by atoms with van der Waals surface area (Å²) in [4.78, 5) is 12.4. The molecule has 1 aromatic heterocycles. The largest absolute Gasteiger partial charge is 0.508 e. The van der Waals surface area contributed by atoms with Gasteiger partial charge in [0, 0.05) is 23.4 Å². The number of benzene rings is 2. The first kappa shape index (κ1) is 12.0. The summed E-state index contributed by atoms with van der Waals surface area (Å²) in [6.07, 6.45) is 0.622. The maximum Gasteiger partial charge on any atom is 0.344 e. The van der Waals surface area contributed by atoms with Crippen LogP contribution in [0.15, 0.2) is 51.7 Å². The van der Waals surface area contributed by atoms with Crippen LogP contribution < -0.4 is 10.4 Å². The van der Waals surface area contributed by atoms with E-state index in [0.29, 0.717) is 35.5 Å². The Morgan fingerprint density at radius 1 is 1.10 bits per heavy atom. The van der Waals surface area contributed by atoms with Crippen LogP contribution in [0, 0.1) is 0 Å². The predicted molar refractivity (Wildman–Crippen MR) is 78.8 cm³/mol. The smallest absolute Gasteiger partial charge is 0.344 e. The molecule has 4 heteroatoms. The summed E-state index contributed by atoms with van der Waals surface area (Å²) in [6.45, 7) is 0.455. The van der Waals surface area contributed by atoms with Crippen LogP contribution in [0.3, 0.4) is 0 Å². The lowest BCUT2D eigenvalue weighted by atomic mass is 9.97. The third-order valence-corrected chi connectivity index (χ3v) is 3.76. The van der Waals surface area contributed by atoms with E-state index in [9.17, 15) is 9.90 Å². The van der Waals surface area contributed by atoms with Crippen LogP contribution >= 0.6 is 0 Å². The first-order valence-electron chi connectivity index (χ1n) is 6.75. The van der Waals surface area contributed by atoms with Gasteiger partial charge in [-0.25, -0.2) is 4.79 Å². The fourth-order valence-electron chi connectivity index (χ4n) is 2.85. The molecule has 0 fully saturated rings. The number of hydrogen-bond acceptors (Lipinski definition) is 4. The lowest BCUT2D eigenvalue weighted by molar-refractivity contribution is 0.325. The number of hydrogen-bond donors (Lipinski definition) is 1. The van der Waals surface area contributed by atoms with E-state index in [0.717, 1.165) is 10.9 Å². The number of fused-ring (bicyclic) bond motifs is 5. The van der Waals surface area contributed by atoms with Gasteiger partial charge in [-0.15, -0.1) is 0 Å². The SMILES string of the molecule is O=c1oc2ccccc2c2c1-c1ccc(O)cc1OCC2. The van der Waals surface area contributed by atoms with Crippen LogP contribution in [0.5, 0.6) is 11.5 Å². The Labute approximate surface area is 120 Å². The highest BCUT2D eigenvalue weighted by atomic mass is 16.5. The molecular formula is C17H12O4. The van der Waals surface area contributed by atoms with Crippen LogP contribution in [0.25, 0.3) is 22.1 Å². The summed E-state index contributed by atoms with van der Waals surface area (Å²) in [5.41, 5.74) is 2.34. The third kappa shape index (κ3) is 1.80. The van der Waals surface area contributed by atoms with E-state index in [2.05, 4.69) is 0 Å². The van der Waals surface area contributed by atoms with Gasteiger partial charge < -0.3 is 14.3 Å². The average Bonchev–Trinajstić information content (AvgIpc) is 2.67. The molecular weight excluding hydrogens is 268 g/mol. The summed E-state index contributed by atoms with van der Waals surface area (Å²) in [7, 11) is 0. The van der Waals surface area contributed by atoms with E-state index in [-0.39, 0.29) is 11.4 Å². The number of phenolic OH excluding ortho intramolecular Hbond substituents is 1. The standard InChI is InChI=1S/C17H12O4/c18-10-5-6-13-15(9-10)20-8-7-12-11-3-1-2-4-14(11)21-17(19)16(12)13/h1-6,9,18H,7-8H2. The van der Waals surface area contributed by atoms with Gasteiger partial charge in [-0.2, -0.15) is 0 Å². The maximum absolute atomic E-state index is 12.4. The monoisotopic (exact) mass is 280 g/mol. The van der Waals surface area contributed by atoms with Crippen molar-refractivity contribution in [3.05, 3.63) is 58.4 Å². The normalized spacial score (nSPS) is 13.1. The molecule has 0 aliphatic carbocycles. The zero-order chi connectivity index (χ0) is 14.4. The van der Waals surface area contributed by atoms with Gasteiger partial charge in [0.1, 0.15) is 17.1 Å². The van der Waals surface area contributed by atoms with Gasteiger partial charge in [-0.1, -0.05) is 18.2 Å². The second-order valence-corrected chi connectivity index (χ2v) is 5.02. The molecule has 1 aliphatic rings. The van der Waals surface area contributed by atoms with E-state index in [1.807, 2.05) is 18.2 Å². The van der Waals surface area contributed by atoms with Crippen molar-refractivity contribution < 1.29 is 14.3 Å². The number of aromatic hydroxyl groups is 1. The Hall–Kier alpha value is -2.75. The van der Waals surface area contributed by atoms with Crippen molar-refractivity contribution in [2.45, 2.75) is 6.42 Å². The summed E-state index contributed by atoms with van der Waals surface area (Å²) in [6, 6.07) is 12.3. The van der Waals surface area contributed by atoms with Crippen LogP contribution in [0.2, 0.25) is 0 Å². The zero-order valence-electron chi connectivity index (χ0n) is 11.1. The molecule has 2 aromatic carbocycles. The van der Waals surface area contributed by atoms with E-state index in [4.69, 9.17) is 9.15 Å². The minimum absolute atomic E-state index is 0.113. The summed E-state index contributed by atoms with van der Waals surface area (Å²) in [5, 5.41) is 10.5. The molecule has 0 radical (unpaired) electrons.